The summed E-state index contributed by atoms with van der Waals surface area (Å²) >= 11 is 3.44. The van der Waals surface area contributed by atoms with Crippen molar-refractivity contribution in [3.63, 3.8) is 0 Å². The molecular weight excluding hydrogens is 280 g/mol. The Labute approximate surface area is 109 Å². The van der Waals surface area contributed by atoms with Gasteiger partial charge in [0, 0.05) is 10.5 Å². The molecule has 0 unspecified atom stereocenters. The largest absolute Gasteiger partial charge is 0.344 e. The molecule has 1 rings (SSSR count). The normalized spacial score (nSPS) is 11.4. The third-order valence-corrected chi connectivity index (χ3v) is 3.00. The van der Waals surface area contributed by atoms with Gasteiger partial charge in [-0.05, 0) is 40.5 Å². The van der Waals surface area contributed by atoms with Gasteiger partial charge in [-0.1, -0.05) is 6.07 Å². The number of rotatable bonds is 4. The van der Waals surface area contributed by atoms with Crippen LogP contribution < -0.4 is 10.6 Å². The summed E-state index contributed by atoms with van der Waals surface area (Å²) in [6.45, 7) is 2.27. The molecule has 0 radical (unpaired) electrons. The molecule has 1 aromatic carbocycles. The maximum Gasteiger partial charge on any atom is 0.107 e. The summed E-state index contributed by atoms with van der Waals surface area (Å²) in [6, 6.07) is 9.75. The quantitative estimate of drug-likeness (QED) is 0.864. The van der Waals surface area contributed by atoms with E-state index in [2.05, 4.69) is 15.9 Å². The smallest absolute Gasteiger partial charge is 0.107 e. The molecule has 0 saturated heterocycles. The van der Waals surface area contributed by atoms with Crippen molar-refractivity contribution >= 4 is 21.6 Å². The van der Waals surface area contributed by atoms with E-state index in [0.717, 1.165) is 15.7 Å². The van der Waals surface area contributed by atoms with Crippen molar-refractivity contribution in [2.75, 3.05) is 18.0 Å². The molecule has 5 heteroatoms. The number of nitrogens with two attached hydrogens (primary N) is 1. The SMILES string of the molecule is C[C@@H](N)c1ccc(N(CC#N)CC#N)c(Br)c1. The van der Waals surface area contributed by atoms with E-state index in [1.54, 1.807) is 4.90 Å². The molecule has 0 heterocycles. The number of halogens is 1. The number of nitriles is 2. The third kappa shape index (κ3) is 3.45. The van der Waals surface area contributed by atoms with Crippen LogP contribution in [0.15, 0.2) is 22.7 Å². The van der Waals surface area contributed by atoms with E-state index < -0.39 is 0 Å². The van der Waals surface area contributed by atoms with Crippen molar-refractivity contribution in [2.24, 2.45) is 5.73 Å². The van der Waals surface area contributed by atoms with Gasteiger partial charge in [0.05, 0.1) is 17.8 Å². The van der Waals surface area contributed by atoms with Crippen molar-refractivity contribution in [3.8, 4) is 12.1 Å². The average molecular weight is 293 g/mol. The van der Waals surface area contributed by atoms with Crippen LogP contribution in [0.1, 0.15) is 18.5 Å². The van der Waals surface area contributed by atoms with E-state index in [1.807, 2.05) is 37.3 Å². The second kappa shape index (κ2) is 6.24. The van der Waals surface area contributed by atoms with Gasteiger partial charge >= 0.3 is 0 Å². The lowest BCUT2D eigenvalue weighted by Crippen LogP contribution is -2.24. The minimum atomic E-state index is -0.0410. The van der Waals surface area contributed by atoms with E-state index in [4.69, 9.17) is 16.3 Å². The molecule has 0 bridgehead atoms. The van der Waals surface area contributed by atoms with Crippen LogP contribution in [0.4, 0.5) is 5.69 Å². The molecule has 0 saturated carbocycles. The molecule has 0 aromatic heterocycles. The average Bonchev–Trinajstić information content (AvgIpc) is 2.28. The van der Waals surface area contributed by atoms with Crippen LogP contribution in [-0.4, -0.2) is 13.1 Å². The topological polar surface area (TPSA) is 76.8 Å². The van der Waals surface area contributed by atoms with Crippen LogP contribution in [0.5, 0.6) is 0 Å². The Kier molecular flexibility index (Phi) is 4.96. The number of benzene rings is 1. The van der Waals surface area contributed by atoms with Crippen LogP contribution in [-0.2, 0) is 0 Å². The number of hydrogen-bond acceptors (Lipinski definition) is 4. The highest BCUT2D eigenvalue weighted by molar-refractivity contribution is 9.10. The van der Waals surface area contributed by atoms with Gasteiger partial charge in [0.2, 0.25) is 0 Å². The highest BCUT2D eigenvalue weighted by Gasteiger charge is 2.11. The van der Waals surface area contributed by atoms with E-state index in [1.165, 1.54) is 0 Å². The minimum absolute atomic E-state index is 0.0410. The molecule has 0 fully saturated rings. The minimum Gasteiger partial charge on any atom is -0.344 e. The Bertz CT molecular complexity index is 454. The van der Waals surface area contributed by atoms with Crippen LogP contribution in [0.25, 0.3) is 0 Å². The lowest BCUT2D eigenvalue weighted by Gasteiger charge is -2.20. The van der Waals surface area contributed by atoms with Crippen LogP contribution in [0.2, 0.25) is 0 Å². The standard InChI is InChI=1S/C12H13BrN4/c1-9(16)10-2-3-12(11(13)8-10)17(6-4-14)7-5-15/h2-3,8-9H,6-7,16H2,1H3/t9-/m1/s1. The summed E-state index contributed by atoms with van der Waals surface area (Å²) < 4.78 is 0.845. The summed E-state index contributed by atoms with van der Waals surface area (Å²) in [5.74, 6) is 0. The molecule has 0 spiro atoms. The third-order valence-electron chi connectivity index (χ3n) is 2.36. The van der Waals surface area contributed by atoms with Gasteiger partial charge in [0.1, 0.15) is 13.1 Å². The predicted molar refractivity (Wildman–Crippen MR) is 70.2 cm³/mol. The lowest BCUT2D eigenvalue weighted by molar-refractivity contribution is 0.816. The molecular formula is C12H13BrN4. The Morgan fingerprint density at radius 3 is 2.35 bits per heavy atom. The zero-order chi connectivity index (χ0) is 12.8. The molecule has 4 nitrogen and oxygen atoms in total. The Morgan fingerprint density at radius 2 is 1.94 bits per heavy atom. The molecule has 2 N–H and O–H groups in total. The highest BCUT2D eigenvalue weighted by atomic mass is 79.9. The molecule has 0 aliphatic carbocycles. The summed E-state index contributed by atoms with van der Waals surface area (Å²) in [5, 5.41) is 17.4. The molecule has 17 heavy (non-hydrogen) atoms. The van der Waals surface area contributed by atoms with Crippen LogP contribution in [0, 0.1) is 22.7 Å². The van der Waals surface area contributed by atoms with Crippen LogP contribution in [0.3, 0.4) is 0 Å². The van der Waals surface area contributed by atoms with Gasteiger partial charge in [-0.3, -0.25) is 0 Å². The Hall–Kier alpha value is -1.56. The molecule has 88 valence electrons. The maximum atomic E-state index is 8.72. The predicted octanol–water partition coefficient (Wildman–Crippen LogP) is 2.32. The van der Waals surface area contributed by atoms with Crippen molar-refractivity contribution in [2.45, 2.75) is 13.0 Å². The van der Waals surface area contributed by atoms with Gasteiger partial charge < -0.3 is 10.6 Å². The first-order chi connectivity index (χ1) is 8.10. The molecule has 1 aromatic rings. The van der Waals surface area contributed by atoms with Crippen molar-refractivity contribution in [3.05, 3.63) is 28.2 Å². The van der Waals surface area contributed by atoms with Gasteiger partial charge in [-0.2, -0.15) is 10.5 Å². The number of nitrogens with zero attached hydrogens (tertiary/aromatic N) is 3. The Morgan fingerprint density at radius 1 is 1.35 bits per heavy atom. The summed E-state index contributed by atoms with van der Waals surface area (Å²) in [5.41, 5.74) is 7.63. The van der Waals surface area contributed by atoms with E-state index >= 15 is 0 Å². The second-order valence-corrected chi connectivity index (χ2v) is 4.53. The highest BCUT2D eigenvalue weighted by Crippen LogP contribution is 2.28. The van der Waals surface area contributed by atoms with Gasteiger partial charge in [-0.25, -0.2) is 0 Å². The maximum absolute atomic E-state index is 8.72. The molecule has 0 aliphatic heterocycles. The zero-order valence-corrected chi connectivity index (χ0v) is 11.1. The van der Waals surface area contributed by atoms with Gasteiger partial charge in [0.25, 0.3) is 0 Å². The second-order valence-electron chi connectivity index (χ2n) is 3.67. The fraction of sp³-hybridized carbons (Fsp3) is 0.333. The van der Waals surface area contributed by atoms with Crippen molar-refractivity contribution in [1.29, 1.82) is 10.5 Å². The fourth-order valence-electron chi connectivity index (χ4n) is 1.46. The summed E-state index contributed by atoms with van der Waals surface area (Å²) in [4.78, 5) is 1.70. The van der Waals surface area contributed by atoms with Gasteiger partial charge in [0.15, 0.2) is 0 Å². The first kappa shape index (κ1) is 13.5. The monoisotopic (exact) mass is 292 g/mol. The lowest BCUT2D eigenvalue weighted by atomic mass is 10.1. The van der Waals surface area contributed by atoms with Gasteiger partial charge in [-0.15, -0.1) is 0 Å². The summed E-state index contributed by atoms with van der Waals surface area (Å²) in [6.07, 6.45) is 0. The zero-order valence-electron chi connectivity index (χ0n) is 9.52. The van der Waals surface area contributed by atoms with E-state index in [9.17, 15) is 0 Å². The van der Waals surface area contributed by atoms with Crippen molar-refractivity contribution < 1.29 is 0 Å². The molecule has 1 atom stereocenters. The summed E-state index contributed by atoms with van der Waals surface area (Å²) in [7, 11) is 0. The van der Waals surface area contributed by atoms with E-state index in [-0.39, 0.29) is 19.1 Å². The first-order valence-electron chi connectivity index (χ1n) is 5.14. The Balaban J connectivity index is 3.05. The molecule has 0 amide bonds. The van der Waals surface area contributed by atoms with Crippen molar-refractivity contribution in [1.82, 2.24) is 0 Å². The molecule has 0 aliphatic rings. The number of hydrogen-bond donors (Lipinski definition) is 1. The van der Waals surface area contributed by atoms with Crippen LogP contribution >= 0.6 is 15.9 Å². The fourth-order valence-corrected chi connectivity index (χ4v) is 2.11. The number of anilines is 1. The van der Waals surface area contributed by atoms with E-state index in [0.29, 0.717) is 0 Å². The first-order valence-corrected chi connectivity index (χ1v) is 5.93.